The molecule has 2 fully saturated rings. The van der Waals surface area contributed by atoms with Crippen LogP contribution in [0.2, 0.25) is 0 Å². The molecule has 0 bridgehead atoms. The van der Waals surface area contributed by atoms with Crippen LogP contribution in [0, 0.1) is 5.92 Å². The molecule has 1 saturated carbocycles. The Labute approximate surface area is 202 Å². The van der Waals surface area contributed by atoms with Gasteiger partial charge in [0.2, 0.25) is 5.91 Å². The van der Waals surface area contributed by atoms with E-state index in [1.807, 2.05) is 12.1 Å². The number of benzene rings is 2. The third-order valence-electron chi connectivity index (χ3n) is 6.52. The van der Waals surface area contributed by atoms with E-state index >= 15 is 0 Å². The van der Waals surface area contributed by atoms with Gasteiger partial charge in [0.05, 0.1) is 5.56 Å². The molecule has 35 heavy (non-hydrogen) atoms. The number of hydrogen-bond donors (Lipinski definition) is 1. The molecular formula is C26H28F3N3O3. The molecule has 1 heterocycles. The fraction of sp³-hybridized carbons (Fsp3) is 0.423. The average Bonchev–Trinajstić information content (AvgIpc) is 3.67. The molecule has 0 atom stereocenters. The molecule has 6 nitrogen and oxygen atoms in total. The third kappa shape index (κ3) is 6.21. The molecule has 1 aliphatic carbocycles. The van der Waals surface area contributed by atoms with Crippen LogP contribution in [-0.2, 0) is 17.5 Å². The summed E-state index contributed by atoms with van der Waals surface area (Å²) in [6.07, 6.45) is -1.40. The number of nitrogens with one attached hydrogen (secondary N) is 1. The lowest BCUT2D eigenvalue weighted by molar-refractivity contribution is -0.137. The number of halogens is 3. The van der Waals surface area contributed by atoms with E-state index in [2.05, 4.69) is 5.32 Å². The summed E-state index contributed by atoms with van der Waals surface area (Å²) < 4.78 is 38.2. The van der Waals surface area contributed by atoms with Gasteiger partial charge >= 0.3 is 6.18 Å². The number of rotatable bonds is 6. The minimum absolute atomic E-state index is 0.0119. The standard InChI is InChI=1S/C26H28F3N3O3/c1-31(16-17-2-4-18(5-3-17)23(33)30-22-10-11-22)24(34)20-12-14-32(15-13-20)25(35)19-6-8-21(9-7-19)26(27,28)29/h2-9,20,22H,10-16H2,1H3,(H,30,33). The molecule has 3 amide bonds. The van der Waals surface area contributed by atoms with Crippen LogP contribution in [0.15, 0.2) is 48.5 Å². The van der Waals surface area contributed by atoms with Crippen molar-refractivity contribution in [1.82, 2.24) is 15.1 Å². The second-order valence-electron chi connectivity index (χ2n) is 9.28. The Morgan fingerprint density at radius 1 is 0.914 bits per heavy atom. The molecule has 1 saturated heterocycles. The summed E-state index contributed by atoms with van der Waals surface area (Å²) in [5, 5.41) is 2.95. The molecule has 0 unspecified atom stereocenters. The van der Waals surface area contributed by atoms with Crippen molar-refractivity contribution >= 4 is 17.7 Å². The van der Waals surface area contributed by atoms with Crippen LogP contribution in [0.1, 0.15) is 57.5 Å². The fourth-order valence-corrected chi connectivity index (χ4v) is 4.24. The predicted octanol–water partition coefficient (Wildman–Crippen LogP) is 4.11. The Hall–Kier alpha value is -3.36. The zero-order valence-corrected chi connectivity index (χ0v) is 19.5. The number of amides is 3. The second kappa shape index (κ2) is 10.1. The molecule has 4 rings (SSSR count). The molecule has 9 heteroatoms. The third-order valence-corrected chi connectivity index (χ3v) is 6.52. The number of piperidine rings is 1. The van der Waals surface area contributed by atoms with Crippen molar-refractivity contribution in [3.8, 4) is 0 Å². The first-order valence-corrected chi connectivity index (χ1v) is 11.7. The van der Waals surface area contributed by atoms with Gasteiger partial charge in [-0.2, -0.15) is 13.2 Å². The first-order chi connectivity index (χ1) is 16.6. The van der Waals surface area contributed by atoms with Crippen LogP contribution in [0.4, 0.5) is 13.2 Å². The summed E-state index contributed by atoms with van der Waals surface area (Å²) in [5.41, 5.74) is 0.921. The maximum Gasteiger partial charge on any atom is 0.416 e. The van der Waals surface area contributed by atoms with E-state index in [4.69, 9.17) is 0 Å². The van der Waals surface area contributed by atoms with Crippen molar-refractivity contribution in [3.05, 3.63) is 70.8 Å². The Morgan fingerprint density at radius 2 is 1.49 bits per heavy atom. The second-order valence-corrected chi connectivity index (χ2v) is 9.28. The molecule has 0 spiro atoms. The van der Waals surface area contributed by atoms with Gasteiger partial charge in [-0.1, -0.05) is 12.1 Å². The summed E-state index contributed by atoms with van der Waals surface area (Å²) in [5.74, 6) is -0.646. The molecule has 2 aromatic rings. The summed E-state index contributed by atoms with van der Waals surface area (Å²) >= 11 is 0. The van der Waals surface area contributed by atoms with Crippen molar-refractivity contribution < 1.29 is 27.6 Å². The maximum atomic E-state index is 12.9. The number of nitrogens with zero attached hydrogens (tertiary/aromatic N) is 2. The average molecular weight is 488 g/mol. The van der Waals surface area contributed by atoms with Crippen LogP contribution in [0.5, 0.6) is 0 Å². The maximum absolute atomic E-state index is 12.9. The Balaban J connectivity index is 1.26. The van der Waals surface area contributed by atoms with Gasteiger partial charge in [-0.15, -0.1) is 0 Å². The highest BCUT2D eigenvalue weighted by atomic mass is 19.4. The normalized spacial score (nSPS) is 16.6. The van der Waals surface area contributed by atoms with Crippen molar-refractivity contribution in [2.24, 2.45) is 5.92 Å². The Bertz CT molecular complexity index is 1070. The van der Waals surface area contributed by atoms with Gasteiger partial charge in [0.1, 0.15) is 0 Å². The van der Waals surface area contributed by atoms with Gasteiger partial charge in [-0.3, -0.25) is 14.4 Å². The van der Waals surface area contributed by atoms with E-state index in [-0.39, 0.29) is 29.2 Å². The summed E-state index contributed by atoms with van der Waals surface area (Å²) in [4.78, 5) is 41.0. The first-order valence-electron chi connectivity index (χ1n) is 11.7. The minimum atomic E-state index is -4.45. The zero-order valence-electron chi connectivity index (χ0n) is 19.5. The van der Waals surface area contributed by atoms with Gasteiger partial charge in [0.15, 0.2) is 0 Å². The van der Waals surface area contributed by atoms with Gasteiger partial charge in [0.25, 0.3) is 11.8 Å². The lowest BCUT2D eigenvalue weighted by atomic mass is 9.94. The Morgan fingerprint density at radius 3 is 2.03 bits per heavy atom. The summed E-state index contributed by atoms with van der Waals surface area (Å²) in [7, 11) is 1.73. The minimum Gasteiger partial charge on any atom is -0.349 e. The molecule has 0 radical (unpaired) electrons. The number of likely N-dealkylation sites (tertiary alicyclic amines) is 1. The fourth-order valence-electron chi connectivity index (χ4n) is 4.24. The first kappa shape index (κ1) is 24.8. The number of carbonyl (C=O) groups is 3. The Kier molecular flexibility index (Phi) is 7.14. The topological polar surface area (TPSA) is 69.7 Å². The van der Waals surface area contributed by atoms with Crippen LogP contribution >= 0.6 is 0 Å². The molecule has 1 N–H and O–H groups in total. The van der Waals surface area contributed by atoms with Crippen LogP contribution in [0.3, 0.4) is 0 Å². The van der Waals surface area contributed by atoms with E-state index < -0.39 is 11.7 Å². The highest BCUT2D eigenvalue weighted by Crippen LogP contribution is 2.29. The van der Waals surface area contributed by atoms with Crippen LogP contribution in [0.25, 0.3) is 0 Å². The molecule has 1 aliphatic heterocycles. The van der Waals surface area contributed by atoms with E-state index in [0.717, 1.165) is 30.5 Å². The van der Waals surface area contributed by atoms with Crippen molar-refractivity contribution in [3.63, 3.8) is 0 Å². The lowest BCUT2D eigenvalue weighted by Crippen LogP contribution is -2.43. The molecule has 2 aliphatic rings. The predicted molar refractivity (Wildman–Crippen MR) is 123 cm³/mol. The van der Waals surface area contributed by atoms with Crippen molar-refractivity contribution in [2.45, 2.75) is 44.4 Å². The van der Waals surface area contributed by atoms with Gasteiger partial charge in [0, 0.05) is 49.8 Å². The van der Waals surface area contributed by atoms with E-state index in [0.29, 0.717) is 44.1 Å². The SMILES string of the molecule is CN(Cc1ccc(C(=O)NC2CC2)cc1)C(=O)C1CCN(C(=O)c2ccc(C(F)(F)F)cc2)CC1. The molecule has 2 aromatic carbocycles. The van der Waals surface area contributed by atoms with Gasteiger partial charge in [-0.25, -0.2) is 0 Å². The molecular weight excluding hydrogens is 459 g/mol. The van der Waals surface area contributed by atoms with Crippen LogP contribution in [-0.4, -0.2) is 53.7 Å². The summed E-state index contributed by atoms with van der Waals surface area (Å²) in [6, 6.07) is 11.7. The number of hydrogen-bond acceptors (Lipinski definition) is 3. The molecule has 186 valence electrons. The highest BCUT2D eigenvalue weighted by Gasteiger charge is 2.32. The summed E-state index contributed by atoms with van der Waals surface area (Å²) in [6.45, 7) is 1.15. The van der Waals surface area contributed by atoms with E-state index in [1.54, 1.807) is 29.0 Å². The smallest absolute Gasteiger partial charge is 0.349 e. The van der Waals surface area contributed by atoms with Crippen molar-refractivity contribution in [1.29, 1.82) is 0 Å². The monoisotopic (exact) mass is 487 g/mol. The number of carbonyl (C=O) groups excluding carboxylic acids is 3. The quantitative estimate of drug-likeness (QED) is 0.667. The van der Waals surface area contributed by atoms with Crippen LogP contribution < -0.4 is 5.32 Å². The van der Waals surface area contributed by atoms with Gasteiger partial charge in [-0.05, 0) is 67.6 Å². The number of alkyl halides is 3. The zero-order chi connectivity index (χ0) is 25.2. The van der Waals surface area contributed by atoms with Gasteiger partial charge < -0.3 is 15.1 Å². The lowest BCUT2D eigenvalue weighted by Gasteiger charge is -2.33. The van der Waals surface area contributed by atoms with E-state index in [9.17, 15) is 27.6 Å². The largest absolute Gasteiger partial charge is 0.416 e. The van der Waals surface area contributed by atoms with E-state index in [1.165, 1.54) is 12.1 Å². The van der Waals surface area contributed by atoms with Crippen molar-refractivity contribution in [2.75, 3.05) is 20.1 Å². The molecule has 0 aromatic heterocycles. The highest BCUT2D eigenvalue weighted by molar-refractivity contribution is 5.95.